The number of piperazine rings is 1. The highest BCUT2D eigenvalue weighted by Gasteiger charge is 2.35. The number of aryl methyl sites for hydroxylation is 1. The van der Waals surface area contributed by atoms with E-state index >= 15 is 4.39 Å². The van der Waals surface area contributed by atoms with E-state index in [4.69, 9.17) is 4.74 Å². The molecular weight excluding hydrogens is 596 g/mol. The van der Waals surface area contributed by atoms with Gasteiger partial charge in [-0.15, -0.1) is 0 Å². The van der Waals surface area contributed by atoms with Crippen LogP contribution in [0.5, 0.6) is 5.75 Å². The van der Waals surface area contributed by atoms with E-state index < -0.39 is 63.7 Å². The number of fused-ring (bicyclic) bond motifs is 1. The zero-order valence-electron chi connectivity index (χ0n) is 25.5. The van der Waals surface area contributed by atoms with Crippen LogP contribution >= 0.6 is 0 Å². The molecule has 0 spiro atoms. The molecule has 1 unspecified atom stereocenters. The molecule has 1 N–H and O–H groups in total. The van der Waals surface area contributed by atoms with E-state index in [0.29, 0.717) is 6.92 Å². The molecule has 1 fully saturated rings. The lowest BCUT2D eigenvalue weighted by molar-refractivity contribution is 0.0126. The summed E-state index contributed by atoms with van der Waals surface area (Å²) in [6.07, 6.45) is 0.645. The molecule has 4 aromatic rings. The minimum absolute atomic E-state index is 0.00959. The van der Waals surface area contributed by atoms with Crippen molar-refractivity contribution in [1.29, 1.82) is 0 Å². The van der Waals surface area contributed by atoms with Crippen molar-refractivity contribution in [2.45, 2.75) is 59.1 Å². The number of aromatic hydroxyl groups is 1. The van der Waals surface area contributed by atoms with Gasteiger partial charge < -0.3 is 19.6 Å². The molecule has 45 heavy (non-hydrogen) atoms. The zero-order valence-corrected chi connectivity index (χ0v) is 25.5. The molecule has 14 heteroatoms. The Labute approximate surface area is 255 Å². The Hall–Kier alpha value is -4.75. The smallest absolute Gasteiger partial charge is 0.410 e. The van der Waals surface area contributed by atoms with Crippen LogP contribution in [-0.2, 0) is 10.7 Å². The van der Waals surface area contributed by atoms with Gasteiger partial charge >= 0.3 is 11.8 Å². The maximum Gasteiger partial charge on any atom is 0.410 e. The molecule has 1 aliphatic rings. The van der Waals surface area contributed by atoms with Crippen LogP contribution in [0.25, 0.3) is 28.0 Å². The normalized spacial score (nSPS) is 15.9. The lowest BCUT2D eigenvalue weighted by atomic mass is 10.1. The number of aromatic nitrogens is 4. The lowest BCUT2D eigenvalue weighted by Gasteiger charge is -2.41. The SMILES string of the molecule is Cc1ccnc(C(C)(F)F)c1-n1c(=O)nc(N2CCN(C(=O)OC(C)(C)C)CC2C)c2cc(F)c(-c3c(O)cccc3F)nc21. The minimum atomic E-state index is -3.51. The first kappa shape index (κ1) is 31.7. The summed E-state index contributed by atoms with van der Waals surface area (Å²) in [5, 5.41) is 10.4. The van der Waals surface area contributed by atoms with Crippen molar-refractivity contribution in [2.24, 2.45) is 0 Å². The number of alkyl halides is 2. The Morgan fingerprint density at radius 3 is 2.40 bits per heavy atom. The highest BCUT2D eigenvalue weighted by atomic mass is 19.3. The second kappa shape index (κ2) is 11.3. The minimum Gasteiger partial charge on any atom is -0.507 e. The Morgan fingerprint density at radius 2 is 1.78 bits per heavy atom. The molecule has 0 radical (unpaired) electrons. The number of amides is 1. The third kappa shape index (κ3) is 6.00. The number of hydrogen-bond donors (Lipinski definition) is 1. The molecule has 10 nitrogen and oxygen atoms in total. The van der Waals surface area contributed by atoms with Crippen molar-refractivity contribution in [2.75, 3.05) is 24.5 Å². The molecule has 1 amide bonds. The first-order chi connectivity index (χ1) is 21.0. The summed E-state index contributed by atoms with van der Waals surface area (Å²) < 4.78 is 66.7. The van der Waals surface area contributed by atoms with Crippen LogP contribution in [0.15, 0.2) is 41.3 Å². The molecule has 238 valence electrons. The van der Waals surface area contributed by atoms with Crippen molar-refractivity contribution in [3.8, 4) is 22.7 Å². The monoisotopic (exact) mass is 628 g/mol. The number of hydrogen-bond acceptors (Lipinski definition) is 8. The molecule has 4 heterocycles. The molecule has 0 saturated carbocycles. The first-order valence-electron chi connectivity index (χ1n) is 14.2. The topological polar surface area (TPSA) is 114 Å². The Kier molecular flexibility index (Phi) is 7.96. The maximum atomic E-state index is 15.8. The predicted octanol–water partition coefficient (Wildman–Crippen LogP) is 5.69. The van der Waals surface area contributed by atoms with Gasteiger partial charge in [0.05, 0.1) is 16.6 Å². The zero-order chi connectivity index (χ0) is 33.0. The summed E-state index contributed by atoms with van der Waals surface area (Å²) in [5.74, 6) is -6.18. The molecule has 0 aliphatic carbocycles. The lowest BCUT2D eigenvalue weighted by Crippen LogP contribution is -2.55. The summed E-state index contributed by atoms with van der Waals surface area (Å²) in [7, 11) is 0. The third-order valence-electron chi connectivity index (χ3n) is 7.35. The average Bonchev–Trinajstić information content (AvgIpc) is 2.92. The highest BCUT2D eigenvalue weighted by molar-refractivity contribution is 5.91. The number of carbonyl (C=O) groups excluding carboxylic acids is 1. The van der Waals surface area contributed by atoms with E-state index in [1.807, 2.05) is 0 Å². The number of phenols is 1. The predicted molar refractivity (Wildman–Crippen MR) is 159 cm³/mol. The number of phenolic OH excluding ortho intramolecular Hbond substituents is 1. The quantitative estimate of drug-likeness (QED) is 0.287. The number of nitrogens with zero attached hydrogens (tertiary/aromatic N) is 6. The van der Waals surface area contributed by atoms with Crippen LogP contribution < -0.4 is 10.6 Å². The first-order valence-corrected chi connectivity index (χ1v) is 14.2. The van der Waals surface area contributed by atoms with E-state index in [0.717, 1.165) is 22.8 Å². The van der Waals surface area contributed by atoms with Crippen LogP contribution in [0.3, 0.4) is 0 Å². The van der Waals surface area contributed by atoms with Crippen molar-refractivity contribution in [3.05, 3.63) is 69.9 Å². The number of pyridine rings is 2. The molecular formula is C31H32F4N6O4. The van der Waals surface area contributed by atoms with Gasteiger partial charge in [-0.3, -0.25) is 4.98 Å². The van der Waals surface area contributed by atoms with Crippen LogP contribution in [0.4, 0.5) is 28.2 Å². The Balaban J connectivity index is 1.76. The molecule has 1 aromatic carbocycles. The van der Waals surface area contributed by atoms with Crippen molar-refractivity contribution in [3.63, 3.8) is 0 Å². The largest absolute Gasteiger partial charge is 0.507 e. The fourth-order valence-corrected chi connectivity index (χ4v) is 5.37. The second-order valence-corrected chi connectivity index (χ2v) is 12.1. The maximum absolute atomic E-state index is 15.8. The van der Waals surface area contributed by atoms with Crippen LogP contribution in [0, 0.1) is 18.6 Å². The van der Waals surface area contributed by atoms with E-state index in [1.165, 1.54) is 30.2 Å². The van der Waals surface area contributed by atoms with Crippen molar-refractivity contribution < 1.29 is 32.2 Å². The summed E-state index contributed by atoms with van der Waals surface area (Å²) in [6, 6.07) is 5.30. The average molecular weight is 629 g/mol. The van der Waals surface area contributed by atoms with E-state index in [9.17, 15) is 27.9 Å². The number of benzene rings is 1. The van der Waals surface area contributed by atoms with Crippen molar-refractivity contribution >= 4 is 22.9 Å². The molecule has 1 atom stereocenters. The summed E-state index contributed by atoms with van der Waals surface area (Å²) in [4.78, 5) is 42.1. The molecule has 0 bridgehead atoms. The Morgan fingerprint density at radius 1 is 1.07 bits per heavy atom. The van der Waals surface area contributed by atoms with E-state index in [-0.39, 0.29) is 47.7 Å². The number of ether oxygens (including phenoxy) is 1. The third-order valence-corrected chi connectivity index (χ3v) is 7.35. The standard InChI is InChI=1S/C31H32F4N6O4/c1-16-10-11-36-25(31(6,34)35)24(16)41-27-18(14-20(33)23(37-27)22-19(32)8-7-9-21(22)42)26(38-28(41)43)40-13-12-39(15-17(40)2)29(44)45-30(3,4)5/h7-11,14,17,42H,12-13,15H2,1-6H3. The van der Waals surface area contributed by atoms with Gasteiger partial charge in [-0.05, 0) is 64.4 Å². The number of halogens is 4. The highest BCUT2D eigenvalue weighted by Crippen LogP contribution is 2.38. The van der Waals surface area contributed by atoms with Crippen LogP contribution in [-0.4, -0.2) is 66.9 Å². The van der Waals surface area contributed by atoms with Gasteiger partial charge in [0.15, 0.2) is 11.5 Å². The van der Waals surface area contributed by atoms with Gasteiger partial charge in [0.2, 0.25) is 0 Å². The van der Waals surface area contributed by atoms with Crippen molar-refractivity contribution in [1.82, 2.24) is 24.4 Å². The van der Waals surface area contributed by atoms with Gasteiger partial charge in [0, 0.05) is 38.8 Å². The van der Waals surface area contributed by atoms with Gasteiger partial charge in [0.1, 0.15) is 34.4 Å². The summed E-state index contributed by atoms with van der Waals surface area (Å²) >= 11 is 0. The van der Waals surface area contributed by atoms with Crippen LogP contribution in [0.1, 0.15) is 45.9 Å². The fraction of sp³-hybridized carbons (Fsp3) is 0.387. The van der Waals surface area contributed by atoms with E-state index in [2.05, 4.69) is 15.0 Å². The summed E-state index contributed by atoms with van der Waals surface area (Å²) in [5.41, 5.74) is -4.11. The molecule has 1 saturated heterocycles. The Bertz CT molecular complexity index is 1850. The fourth-order valence-electron chi connectivity index (χ4n) is 5.37. The second-order valence-electron chi connectivity index (χ2n) is 12.1. The molecule has 1 aliphatic heterocycles. The van der Waals surface area contributed by atoms with Gasteiger partial charge in [0.25, 0.3) is 5.92 Å². The molecule has 3 aromatic heterocycles. The summed E-state index contributed by atoms with van der Waals surface area (Å²) in [6.45, 7) is 9.63. The van der Waals surface area contributed by atoms with Gasteiger partial charge in [-0.1, -0.05) is 6.07 Å². The van der Waals surface area contributed by atoms with Gasteiger partial charge in [-0.2, -0.15) is 13.8 Å². The number of anilines is 1. The number of rotatable bonds is 4. The van der Waals surface area contributed by atoms with E-state index in [1.54, 1.807) is 32.6 Å². The van der Waals surface area contributed by atoms with Crippen LogP contribution in [0.2, 0.25) is 0 Å². The van der Waals surface area contributed by atoms with Gasteiger partial charge in [-0.25, -0.2) is 27.9 Å². The number of carbonyl (C=O) groups is 1. The molecule has 5 rings (SSSR count).